The van der Waals surface area contributed by atoms with Crippen LogP contribution in [0.15, 0.2) is 78.9 Å². The van der Waals surface area contributed by atoms with Gasteiger partial charge in [0.1, 0.15) is 18.7 Å². The molecule has 1 aliphatic carbocycles. The van der Waals surface area contributed by atoms with Gasteiger partial charge >= 0.3 is 12.1 Å². The van der Waals surface area contributed by atoms with Crippen molar-refractivity contribution in [2.75, 3.05) is 34.4 Å². The van der Waals surface area contributed by atoms with E-state index < -0.39 is 60.3 Å². The van der Waals surface area contributed by atoms with Crippen LogP contribution in [0.25, 0.3) is 11.1 Å². The summed E-state index contributed by atoms with van der Waals surface area (Å²) in [7, 11) is 4.71. The maximum absolute atomic E-state index is 14.4. The van der Waals surface area contributed by atoms with Gasteiger partial charge in [0.05, 0.1) is 36.6 Å². The lowest BCUT2D eigenvalue weighted by Crippen LogP contribution is -2.58. The molecule has 8 atom stereocenters. The van der Waals surface area contributed by atoms with Crippen LogP contribution in [0.5, 0.6) is 0 Å². The summed E-state index contributed by atoms with van der Waals surface area (Å²) >= 11 is 0. The van der Waals surface area contributed by atoms with E-state index >= 15 is 0 Å². The van der Waals surface area contributed by atoms with Gasteiger partial charge in [-0.1, -0.05) is 120 Å². The summed E-state index contributed by atoms with van der Waals surface area (Å²) in [6.45, 7) is 9.99. The maximum atomic E-state index is 14.4. The van der Waals surface area contributed by atoms with Gasteiger partial charge < -0.3 is 39.8 Å². The average molecular weight is 841 g/mol. The Bertz CT molecular complexity index is 1930. The van der Waals surface area contributed by atoms with E-state index in [9.17, 15) is 29.1 Å². The molecule has 0 saturated carbocycles. The van der Waals surface area contributed by atoms with Crippen LogP contribution >= 0.6 is 0 Å². The molecule has 1 saturated heterocycles. The third kappa shape index (κ3) is 11.0. The number of carboxylic acid groups (broad SMARTS) is 1. The Kier molecular flexibility index (Phi) is 16.5. The first-order chi connectivity index (χ1) is 29.2. The lowest BCUT2D eigenvalue weighted by atomic mass is 9.89. The Morgan fingerprint density at radius 2 is 1.46 bits per heavy atom. The van der Waals surface area contributed by atoms with E-state index in [1.54, 1.807) is 23.8 Å². The molecule has 0 radical (unpaired) electrons. The van der Waals surface area contributed by atoms with Crippen molar-refractivity contribution in [3.05, 3.63) is 95.6 Å². The first-order valence-electron chi connectivity index (χ1n) is 21.5. The first-order valence-corrected chi connectivity index (χ1v) is 21.5. The van der Waals surface area contributed by atoms with Crippen molar-refractivity contribution in [2.45, 2.75) is 109 Å². The minimum absolute atomic E-state index is 0.0407. The van der Waals surface area contributed by atoms with E-state index in [0.717, 1.165) is 27.8 Å². The largest absolute Gasteiger partial charge is 0.480 e. The summed E-state index contributed by atoms with van der Waals surface area (Å²) in [6.07, 6.45) is -0.0343. The van der Waals surface area contributed by atoms with Crippen molar-refractivity contribution >= 4 is 29.8 Å². The molecule has 330 valence electrons. The maximum Gasteiger partial charge on any atom is 0.407 e. The number of rotatable bonds is 20. The summed E-state index contributed by atoms with van der Waals surface area (Å²) < 4.78 is 17.7. The monoisotopic (exact) mass is 840 g/mol. The normalized spacial score (nSPS) is 18.2. The average Bonchev–Trinajstić information content (AvgIpc) is 3.87. The van der Waals surface area contributed by atoms with Crippen molar-refractivity contribution in [2.24, 2.45) is 17.8 Å². The van der Waals surface area contributed by atoms with Gasteiger partial charge in [-0.15, -0.1) is 0 Å². The van der Waals surface area contributed by atoms with Crippen molar-refractivity contribution in [1.82, 2.24) is 20.4 Å². The summed E-state index contributed by atoms with van der Waals surface area (Å²) in [5, 5.41) is 15.5. The predicted molar refractivity (Wildman–Crippen MR) is 233 cm³/mol. The van der Waals surface area contributed by atoms with E-state index in [1.165, 1.54) is 14.2 Å². The fourth-order valence-electron chi connectivity index (χ4n) is 9.16. The van der Waals surface area contributed by atoms with Crippen LogP contribution in [0.1, 0.15) is 82.9 Å². The topological polar surface area (TPSA) is 164 Å². The van der Waals surface area contributed by atoms with Gasteiger partial charge in [-0.25, -0.2) is 9.59 Å². The Labute approximate surface area is 360 Å². The molecule has 5 rings (SSSR count). The van der Waals surface area contributed by atoms with Crippen molar-refractivity contribution in [3.63, 3.8) is 0 Å². The van der Waals surface area contributed by atoms with Crippen molar-refractivity contribution < 1.29 is 43.3 Å². The number of likely N-dealkylation sites (N-methyl/N-ethyl adjacent to an activating group) is 1. The number of aliphatic carboxylic acids is 1. The predicted octanol–water partition coefficient (Wildman–Crippen LogP) is 6.28. The van der Waals surface area contributed by atoms with E-state index in [1.807, 2.05) is 82.3 Å². The van der Waals surface area contributed by atoms with Gasteiger partial charge in [0.2, 0.25) is 17.7 Å². The highest BCUT2D eigenvalue weighted by Gasteiger charge is 2.43. The fourth-order valence-corrected chi connectivity index (χ4v) is 9.16. The smallest absolute Gasteiger partial charge is 0.407 e. The lowest BCUT2D eigenvalue weighted by molar-refractivity contribution is -0.147. The highest BCUT2D eigenvalue weighted by Crippen LogP contribution is 2.44. The third-order valence-corrected chi connectivity index (χ3v) is 12.7. The number of nitrogens with one attached hydrogen (secondary N) is 2. The molecule has 1 fully saturated rings. The number of ether oxygens (including phenoxy) is 3. The number of amides is 4. The second kappa shape index (κ2) is 21.5. The zero-order chi connectivity index (χ0) is 44.4. The zero-order valence-corrected chi connectivity index (χ0v) is 36.8. The van der Waals surface area contributed by atoms with Crippen LogP contribution < -0.4 is 10.6 Å². The van der Waals surface area contributed by atoms with E-state index in [4.69, 9.17) is 14.2 Å². The summed E-state index contributed by atoms with van der Waals surface area (Å²) in [6, 6.07) is 22.3. The number of carbonyl (C=O) groups is 5. The molecule has 13 nitrogen and oxygen atoms in total. The molecule has 61 heavy (non-hydrogen) atoms. The lowest BCUT2D eigenvalue weighted by Gasteiger charge is -2.40. The number of carbonyl (C=O) groups excluding carboxylic acids is 4. The molecule has 3 aromatic carbocycles. The Morgan fingerprint density at radius 3 is 2.02 bits per heavy atom. The fraction of sp³-hybridized carbons (Fsp3) is 0.521. The first kappa shape index (κ1) is 46.8. The molecule has 0 spiro atoms. The van der Waals surface area contributed by atoms with E-state index in [-0.39, 0.29) is 49.0 Å². The van der Waals surface area contributed by atoms with E-state index in [0.29, 0.717) is 25.8 Å². The molecule has 0 aromatic heterocycles. The molecule has 13 heteroatoms. The summed E-state index contributed by atoms with van der Waals surface area (Å²) in [5.41, 5.74) is 5.19. The number of benzene rings is 3. The van der Waals surface area contributed by atoms with Crippen LogP contribution in [0.3, 0.4) is 0 Å². The second-order valence-electron chi connectivity index (χ2n) is 16.9. The minimum atomic E-state index is -1.14. The number of hydrogen-bond donors (Lipinski definition) is 3. The molecule has 3 aromatic rings. The SMILES string of the molecule is CC[C@H](C)[C@@H]([C@H](CC(=O)N1CCCC1[C@H](OC)[C@@H](C)C(=O)N[C@@H](Cc1ccccc1)C(=O)O)OC)N(C)C(=O)[C@@H](NC(=O)OCC1c2ccccc2-c2ccccc21)C(C)C. The molecule has 3 N–H and O–H groups in total. The van der Waals surface area contributed by atoms with E-state index in [2.05, 4.69) is 34.9 Å². The number of nitrogens with zero attached hydrogens (tertiary/aromatic N) is 2. The molecule has 2 aliphatic rings. The Hall–Kier alpha value is -5.27. The number of methoxy groups -OCH3 is 2. The van der Waals surface area contributed by atoms with Gasteiger partial charge in [-0.05, 0) is 52.5 Å². The van der Waals surface area contributed by atoms with Crippen LogP contribution in [-0.2, 0) is 39.8 Å². The standard InChI is InChI=1S/C48H64N4O9/c1-9-30(4)43(51(6)46(55)42(29(2)3)50-48(58)61-28-37-35-22-15-13-20-33(35)34-21-14-16-23-36(34)37)40(59-7)27-41(53)52-25-17-24-39(52)44(60-8)31(5)45(54)49-38(47(56)57)26-32-18-11-10-12-19-32/h10-16,18-23,29-31,37-40,42-44H,9,17,24-28H2,1-8H3,(H,49,54)(H,50,58)(H,56,57)/t30-,31+,38-,39?,40-,42-,43-,44+/m0/s1. The van der Waals surface area contributed by atoms with Crippen molar-refractivity contribution in [3.8, 4) is 11.1 Å². The summed E-state index contributed by atoms with van der Waals surface area (Å²) in [4.78, 5) is 71.1. The minimum Gasteiger partial charge on any atom is -0.480 e. The Balaban J connectivity index is 1.24. The molecular weight excluding hydrogens is 777 g/mol. The van der Waals surface area contributed by atoms with Crippen LogP contribution in [-0.4, -0.2) is 115 Å². The second-order valence-corrected chi connectivity index (χ2v) is 16.9. The van der Waals surface area contributed by atoms with Gasteiger partial charge in [0.15, 0.2) is 0 Å². The quantitative estimate of drug-likeness (QED) is 0.119. The number of likely N-dealkylation sites (tertiary alicyclic amines) is 1. The Morgan fingerprint density at radius 1 is 0.852 bits per heavy atom. The summed E-state index contributed by atoms with van der Waals surface area (Å²) in [5.74, 6) is -3.43. The van der Waals surface area contributed by atoms with Crippen LogP contribution in [0, 0.1) is 17.8 Å². The molecule has 1 aliphatic heterocycles. The highest BCUT2D eigenvalue weighted by atomic mass is 16.5. The molecule has 1 unspecified atom stereocenters. The number of fused-ring (bicyclic) bond motifs is 3. The molecule has 0 bridgehead atoms. The number of hydrogen-bond acceptors (Lipinski definition) is 8. The number of alkyl carbamates (subject to hydrolysis) is 1. The highest BCUT2D eigenvalue weighted by molar-refractivity contribution is 5.87. The van der Waals surface area contributed by atoms with Gasteiger partial charge in [0.25, 0.3) is 0 Å². The third-order valence-electron chi connectivity index (χ3n) is 12.7. The van der Waals surface area contributed by atoms with Crippen molar-refractivity contribution in [1.29, 1.82) is 0 Å². The van der Waals surface area contributed by atoms with Crippen LogP contribution in [0.2, 0.25) is 0 Å². The van der Waals surface area contributed by atoms with Gasteiger partial charge in [0, 0.05) is 40.2 Å². The zero-order valence-electron chi connectivity index (χ0n) is 36.8. The van der Waals surface area contributed by atoms with Gasteiger partial charge in [-0.2, -0.15) is 0 Å². The molecule has 1 heterocycles. The molecular formula is C48H64N4O9. The number of carboxylic acids is 1. The molecule has 4 amide bonds. The van der Waals surface area contributed by atoms with Crippen LogP contribution in [0.4, 0.5) is 4.79 Å². The van der Waals surface area contributed by atoms with Gasteiger partial charge in [-0.3, -0.25) is 14.4 Å².